The van der Waals surface area contributed by atoms with Crippen molar-refractivity contribution in [3.8, 4) is 0 Å². The Kier molecular flexibility index (Phi) is 5.75. The van der Waals surface area contributed by atoms with Gasteiger partial charge >= 0.3 is 0 Å². The molecular weight excluding hydrogens is 282 g/mol. The highest BCUT2D eigenvalue weighted by Crippen LogP contribution is 2.10. The Hall–Kier alpha value is -1.88. The molecule has 0 amide bonds. The SMILES string of the molecule is CC[C@@H](C)NC(=S)N(Cc1ccccn1)Cc1ccco1. The molecule has 2 aromatic rings. The second-order valence-corrected chi connectivity index (χ2v) is 5.40. The number of pyridine rings is 1. The minimum Gasteiger partial charge on any atom is -0.467 e. The van der Waals surface area contributed by atoms with E-state index in [1.165, 1.54) is 0 Å². The van der Waals surface area contributed by atoms with Gasteiger partial charge in [-0.1, -0.05) is 13.0 Å². The van der Waals surface area contributed by atoms with Crippen molar-refractivity contribution >= 4 is 17.3 Å². The molecule has 5 heteroatoms. The third kappa shape index (κ3) is 4.86. The number of thiocarbonyl (C=S) groups is 1. The first kappa shape index (κ1) is 15.5. The molecule has 0 saturated carbocycles. The summed E-state index contributed by atoms with van der Waals surface area (Å²) in [4.78, 5) is 6.44. The van der Waals surface area contributed by atoms with Crippen LogP contribution in [0.15, 0.2) is 47.2 Å². The van der Waals surface area contributed by atoms with Crippen molar-refractivity contribution in [2.75, 3.05) is 0 Å². The first-order valence-electron chi connectivity index (χ1n) is 7.16. The third-order valence-electron chi connectivity index (χ3n) is 3.28. The van der Waals surface area contributed by atoms with E-state index in [-0.39, 0.29) is 0 Å². The molecule has 0 spiro atoms. The Labute approximate surface area is 131 Å². The summed E-state index contributed by atoms with van der Waals surface area (Å²) in [6.07, 6.45) is 4.50. The van der Waals surface area contributed by atoms with Crippen molar-refractivity contribution in [3.63, 3.8) is 0 Å². The summed E-state index contributed by atoms with van der Waals surface area (Å²) in [6, 6.07) is 10.1. The lowest BCUT2D eigenvalue weighted by atomic mass is 10.2. The molecule has 112 valence electrons. The van der Waals surface area contributed by atoms with Crippen LogP contribution in [0.25, 0.3) is 0 Å². The molecular formula is C16H21N3OS. The van der Waals surface area contributed by atoms with E-state index < -0.39 is 0 Å². The van der Waals surface area contributed by atoms with E-state index in [0.717, 1.165) is 23.0 Å². The lowest BCUT2D eigenvalue weighted by molar-refractivity contribution is 0.344. The van der Waals surface area contributed by atoms with Gasteiger partial charge in [-0.3, -0.25) is 4.98 Å². The number of furan rings is 1. The summed E-state index contributed by atoms with van der Waals surface area (Å²) in [5, 5.41) is 4.08. The molecule has 2 heterocycles. The molecule has 0 aromatic carbocycles. The lowest BCUT2D eigenvalue weighted by Gasteiger charge is -2.26. The smallest absolute Gasteiger partial charge is 0.169 e. The fraction of sp³-hybridized carbons (Fsp3) is 0.375. The molecule has 2 rings (SSSR count). The summed E-state index contributed by atoms with van der Waals surface area (Å²) in [5.41, 5.74) is 0.984. The number of aromatic nitrogens is 1. The Bertz CT molecular complexity index is 542. The zero-order valence-corrected chi connectivity index (χ0v) is 13.3. The second kappa shape index (κ2) is 7.78. The van der Waals surface area contributed by atoms with Gasteiger partial charge in [-0.05, 0) is 49.8 Å². The minimum absolute atomic E-state index is 0.348. The zero-order valence-electron chi connectivity index (χ0n) is 12.5. The number of nitrogens with zero attached hydrogens (tertiary/aromatic N) is 2. The summed E-state index contributed by atoms with van der Waals surface area (Å²) >= 11 is 5.54. The van der Waals surface area contributed by atoms with Crippen molar-refractivity contribution < 1.29 is 4.42 Å². The van der Waals surface area contributed by atoms with E-state index >= 15 is 0 Å². The zero-order chi connectivity index (χ0) is 15.1. The highest BCUT2D eigenvalue weighted by molar-refractivity contribution is 7.80. The molecule has 2 aromatic heterocycles. The van der Waals surface area contributed by atoms with Crippen molar-refractivity contribution in [2.45, 2.75) is 39.4 Å². The van der Waals surface area contributed by atoms with Gasteiger partial charge in [0.2, 0.25) is 0 Å². The normalized spacial score (nSPS) is 11.9. The molecule has 0 aliphatic carbocycles. The maximum absolute atomic E-state index is 5.54. The molecule has 0 fully saturated rings. The summed E-state index contributed by atoms with van der Waals surface area (Å²) in [6.45, 7) is 5.55. The maximum Gasteiger partial charge on any atom is 0.169 e. The lowest BCUT2D eigenvalue weighted by Crippen LogP contribution is -2.42. The standard InChI is InChI=1S/C16H21N3OS/c1-3-13(2)18-16(21)19(12-15-8-6-10-20-15)11-14-7-4-5-9-17-14/h4-10,13H,3,11-12H2,1-2H3,(H,18,21)/t13-/m1/s1. The van der Waals surface area contributed by atoms with Gasteiger partial charge in [-0.25, -0.2) is 0 Å². The highest BCUT2D eigenvalue weighted by Gasteiger charge is 2.14. The predicted molar refractivity (Wildman–Crippen MR) is 87.7 cm³/mol. The molecule has 0 bridgehead atoms. The molecule has 1 N–H and O–H groups in total. The second-order valence-electron chi connectivity index (χ2n) is 5.02. The van der Waals surface area contributed by atoms with Gasteiger partial charge in [-0.2, -0.15) is 0 Å². The van der Waals surface area contributed by atoms with Gasteiger partial charge < -0.3 is 14.6 Å². The molecule has 0 unspecified atom stereocenters. The molecule has 0 aliphatic heterocycles. The van der Waals surface area contributed by atoms with Gasteiger partial charge in [0.15, 0.2) is 5.11 Å². The number of nitrogens with one attached hydrogen (secondary N) is 1. The highest BCUT2D eigenvalue weighted by atomic mass is 32.1. The Balaban J connectivity index is 2.07. The van der Waals surface area contributed by atoms with Crippen LogP contribution in [0.5, 0.6) is 0 Å². The number of rotatable bonds is 6. The van der Waals surface area contributed by atoms with Crippen molar-refractivity contribution in [2.24, 2.45) is 0 Å². The van der Waals surface area contributed by atoms with Gasteiger partial charge in [0.05, 0.1) is 25.0 Å². The van der Waals surface area contributed by atoms with Crippen LogP contribution in [-0.2, 0) is 13.1 Å². The van der Waals surface area contributed by atoms with E-state index in [4.69, 9.17) is 16.6 Å². The maximum atomic E-state index is 5.54. The Morgan fingerprint density at radius 2 is 2.19 bits per heavy atom. The van der Waals surface area contributed by atoms with Crippen LogP contribution < -0.4 is 5.32 Å². The Morgan fingerprint density at radius 3 is 2.81 bits per heavy atom. The first-order chi connectivity index (χ1) is 10.2. The van der Waals surface area contributed by atoms with E-state index in [1.54, 1.807) is 12.5 Å². The largest absolute Gasteiger partial charge is 0.467 e. The van der Waals surface area contributed by atoms with Crippen LogP contribution >= 0.6 is 12.2 Å². The molecule has 1 atom stereocenters. The summed E-state index contributed by atoms with van der Waals surface area (Å²) < 4.78 is 5.43. The monoisotopic (exact) mass is 303 g/mol. The van der Waals surface area contributed by atoms with E-state index in [1.807, 2.05) is 30.3 Å². The van der Waals surface area contributed by atoms with Gasteiger partial charge in [-0.15, -0.1) is 0 Å². The van der Waals surface area contributed by atoms with E-state index in [0.29, 0.717) is 19.1 Å². The van der Waals surface area contributed by atoms with Gasteiger partial charge in [0.1, 0.15) is 5.76 Å². The van der Waals surface area contributed by atoms with Crippen molar-refractivity contribution in [3.05, 3.63) is 54.2 Å². The molecule has 4 nitrogen and oxygen atoms in total. The van der Waals surface area contributed by atoms with Gasteiger partial charge in [0.25, 0.3) is 0 Å². The first-order valence-corrected chi connectivity index (χ1v) is 7.57. The fourth-order valence-corrected chi connectivity index (χ4v) is 2.21. The molecule has 0 saturated heterocycles. The van der Waals surface area contributed by atoms with Crippen molar-refractivity contribution in [1.29, 1.82) is 0 Å². The van der Waals surface area contributed by atoms with Crippen LogP contribution in [0.4, 0.5) is 0 Å². The van der Waals surface area contributed by atoms with Crippen LogP contribution in [0.3, 0.4) is 0 Å². The fourth-order valence-electron chi connectivity index (χ4n) is 1.88. The molecule has 0 radical (unpaired) electrons. The minimum atomic E-state index is 0.348. The van der Waals surface area contributed by atoms with E-state index in [2.05, 4.69) is 29.0 Å². The van der Waals surface area contributed by atoms with E-state index in [9.17, 15) is 0 Å². The quantitative estimate of drug-likeness (QED) is 0.829. The Morgan fingerprint density at radius 1 is 1.33 bits per heavy atom. The third-order valence-corrected chi connectivity index (χ3v) is 3.65. The van der Waals surface area contributed by atoms with Crippen LogP contribution in [0, 0.1) is 0 Å². The molecule has 0 aliphatic rings. The average molecular weight is 303 g/mol. The summed E-state index contributed by atoms with van der Waals surface area (Å²) in [5.74, 6) is 0.888. The van der Waals surface area contributed by atoms with Crippen LogP contribution in [-0.4, -0.2) is 21.0 Å². The summed E-state index contributed by atoms with van der Waals surface area (Å²) in [7, 11) is 0. The van der Waals surface area contributed by atoms with Gasteiger partial charge in [0, 0.05) is 12.2 Å². The average Bonchev–Trinajstić information content (AvgIpc) is 3.00. The van der Waals surface area contributed by atoms with Crippen molar-refractivity contribution in [1.82, 2.24) is 15.2 Å². The topological polar surface area (TPSA) is 41.3 Å². The molecule has 21 heavy (non-hydrogen) atoms. The number of hydrogen-bond donors (Lipinski definition) is 1. The van der Waals surface area contributed by atoms with Crippen LogP contribution in [0.2, 0.25) is 0 Å². The van der Waals surface area contributed by atoms with Crippen LogP contribution in [0.1, 0.15) is 31.7 Å². The predicted octanol–water partition coefficient (Wildman–Crippen LogP) is 3.35. The number of hydrogen-bond acceptors (Lipinski definition) is 3.